The van der Waals surface area contributed by atoms with E-state index in [4.69, 9.17) is 0 Å². The quantitative estimate of drug-likeness (QED) is 0.769. The van der Waals surface area contributed by atoms with Crippen molar-refractivity contribution in [3.63, 3.8) is 0 Å². The lowest BCUT2D eigenvalue weighted by Crippen LogP contribution is -2.19. The number of benzene rings is 2. The Hall–Kier alpha value is -2.95. The smallest absolute Gasteiger partial charge is 0.276 e. The van der Waals surface area contributed by atoms with E-state index < -0.39 is 0 Å². The first-order valence-corrected chi connectivity index (χ1v) is 7.99. The molecule has 1 heterocycles. The number of aromatic amines is 1. The largest absolute Gasteiger partial charge is 0.321 e. The lowest BCUT2D eigenvalue weighted by Gasteiger charge is -2.11. The van der Waals surface area contributed by atoms with Crippen molar-refractivity contribution in [3.8, 4) is 0 Å². The molecule has 1 unspecified atom stereocenters. The second-order valence-electron chi connectivity index (χ2n) is 5.83. The predicted octanol–water partition coefficient (Wildman–Crippen LogP) is 3.69. The van der Waals surface area contributed by atoms with Crippen LogP contribution in [0.25, 0.3) is 10.8 Å². The van der Waals surface area contributed by atoms with Crippen molar-refractivity contribution < 1.29 is 4.79 Å². The molecule has 0 spiro atoms. The van der Waals surface area contributed by atoms with E-state index in [9.17, 15) is 9.59 Å². The van der Waals surface area contributed by atoms with Crippen molar-refractivity contribution in [1.29, 1.82) is 0 Å². The van der Waals surface area contributed by atoms with Gasteiger partial charge in [-0.15, -0.1) is 0 Å². The molecule has 122 valence electrons. The summed E-state index contributed by atoms with van der Waals surface area (Å²) in [5.74, 6) is 0.137. The molecule has 0 aliphatic heterocycles. The van der Waals surface area contributed by atoms with E-state index in [1.165, 1.54) is 5.56 Å². The van der Waals surface area contributed by atoms with Crippen LogP contribution in [0.3, 0.4) is 0 Å². The number of fused-ring (bicyclic) bond motifs is 1. The topological polar surface area (TPSA) is 74.8 Å². The maximum atomic E-state index is 12.5. The Bertz CT molecular complexity index is 929. The molecule has 2 aromatic carbocycles. The fraction of sp³-hybridized carbons (Fsp3) is 0.211. The summed E-state index contributed by atoms with van der Waals surface area (Å²) in [7, 11) is 0. The highest BCUT2D eigenvalue weighted by atomic mass is 16.2. The van der Waals surface area contributed by atoms with Crippen LogP contribution in [-0.4, -0.2) is 16.1 Å². The van der Waals surface area contributed by atoms with E-state index >= 15 is 0 Å². The first-order valence-electron chi connectivity index (χ1n) is 7.99. The number of amides is 1. The molecular formula is C19H19N3O2. The molecule has 24 heavy (non-hydrogen) atoms. The van der Waals surface area contributed by atoms with Gasteiger partial charge in [-0.1, -0.05) is 44.2 Å². The molecule has 0 saturated carbocycles. The fourth-order valence-electron chi connectivity index (χ4n) is 2.61. The number of H-pyrrole nitrogens is 1. The van der Waals surface area contributed by atoms with Gasteiger partial charge in [-0.3, -0.25) is 9.59 Å². The van der Waals surface area contributed by atoms with Crippen molar-refractivity contribution in [2.75, 3.05) is 5.32 Å². The summed E-state index contributed by atoms with van der Waals surface area (Å²) in [6.07, 6.45) is 1.07. The minimum Gasteiger partial charge on any atom is -0.321 e. The number of aromatic nitrogens is 2. The van der Waals surface area contributed by atoms with Crippen LogP contribution in [0.4, 0.5) is 5.69 Å². The molecule has 1 amide bonds. The molecule has 0 fully saturated rings. The molecule has 0 saturated heterocycles. The van der Waals surface area contributed by atoms with E-state index in [0.29, 0.717) is 22.4 Å². The molecule has 1 atom stereocenters. The molecule has 0 radical (unpaired) electrons. The van der Waals surface area contributed by atoms with Crippen molar-refractivity contribution in [1.82, 2.24) is 10.2 Å². The van der Waals surface area contributed by atoms with E-state index in [0.717, 1.165) is 6.42 Å². The van der Waals surface area contributed by atoms with Crippen LogP contribution in [-0.2, 0) is 0 Å². The van der Waals surface area contributed by atoms with Gasteiger partial charge in [0, 0.05) is 11.1 Å². The van der Waals surface area contributed by atoms with Gasteiger partial charge in [-0.25, -0.2) is 5.10 Å². The summed E-state index contributed by atoms with van der Waals surface area (Å²) < 4.78 is 0. The summed E-state index contributed by atoms with van der Waals surface area (Å²) in [5.41, 5.74) is 1.84. The van der Waals surface area contributed by atoms with Gasteiger partial charge in [0.15, 0.2) is 5.69 Å². The highest BCUT2D eigenvalue weighted by molar-refractivity contribution is 6.11. The van der Waals surface area contributed by atoms with E-state index in [1.54, 1.807) is 24.3 Å². The number of rotatable bonds is 4. The summed E-state index contributed by atoms with van der Waals surface area (Å²) in [6, 6.07) is 14.7. The van der Waals surface area contributed by atoms with E-state index in [1.807, 2.05) is 24.3 Å². The minimum atomic E-state index is -0.348. The third-order valence-corrected chi connectivity index (χ3v) is 4.26. The number of carbonyl (C=O) groups is 1. The molecule has 0 aliphatic carbocycles. The number of hydrogen-bond donors (Lipinski definition) is 2. The lowest BCUT2D eigenvalue weighted by atomic mass is 9.98. The SMILES string of the molecule is CCC(C)c1ccc(NC(=O)c2n[nH]c(=O)c3ccccc23)cc1. The third-order valence-electron chi connectivity index (χ3n) is 4.26. The Labute approximate surface area is 139 Å². The zero-order valence-corrected chi connectivity index (χ0v) is 13.7. The van der Waals surface area contributed by atoms with Crippen molar-refractivity contribution in [3.05, 3.63) is 70.1 Å². The van der Waals surface area contributed by atoms with Crippen LogP contribution in [0.5, 0.6) is 0 Å². The number of carbonyl (C=O) groups excluding carboxylic acids is 1. The molecule has 3 rings (SSSR count). The van der Waals surface area contributed by atoms with Gasteiger partial charge in [0.1, 0.15) is 0 Å². The van der Waals surface area contributed by atoms with Crippen LogP contribution in [0.2, 0.25) is 0 Å². The maximum Gasteiger partial charge on any atom is 0.276 e. The highest BCUT2D eigenvalue weighted by Crippen LogP contribution is 2.21. The lowest BCUT2D eigenvalue weighted by molar-refractivity contribution is 0.102. The Kier molecular flexibility index (Phi) is 4.42. The number of hydrogen-bond acceptors (Lipinski definition) is 3. The van der Waals surface area contributed by atoms with Gasteiger partial charge in [0.25, 0.3) is 11.5 Å². The third kappa shape index (κ3) is 3.06. The molecule has 0 bridgehead atoms. The molecule has 0 aliphatic rings. The first kappa shape index (κ1) is 15.9. The highest BCUT2D eigenvalue weighted by Gasteiger charge is 2.14. The second-order valence-corrected chi connectivity index (χ2v) is 5.83. The Balaban J connectivity index is 1.88. The van der Waals surface area contributed by atoms with Crippen LogP contribution in [0.15, 0.2) is 53.3 Å². The molecular weight excluding hydrogens is 302 g/mol. The van der Waals surface area contributed by atoms with Crippen LogP contribution >= 0.6 is 0 Å². The van der Waals surface area contributed by atoms with Crippen molar-refractivity contribution >= 4 is 22.4 Å². The fourth-order valence-corrected chi connectivity index (χ4v) is 2.61. The first-order chi connectivity index (χ1) is 11.6. The molecule has 2 N–H and O–H groups in total. The van der Waals surface area contributed by atoms with Gasteiger partial charge in [-0.2, -0.15) is 5.10 Å². The van der Waals surface area contributed by atoms with Gasteiger partial charge >= 0.3 is 0 Å². The molecule has 3 aromatic rings. The van der Waals surface area contributed by atoms with Crippen LogP contribution in [0, 0.1) is 0 Å². The standard InChI is InChI=1S/C19H19N3O2/c1-3-12(2)13-8-10-14(11-9-13)20-19(24)17-15-6-4-5-7-16(15)18(23)22-21-17/h4-12H,3H2,1-2H3,(H,20,24)(H,22,23). The van der Waals surface area contributed by atoms with Gasteiger partial charge in [0.05, 0.1) is 5.39 Å². The molecule has 5 heteroatoms. The second kappa shape index (κ2) is 6.66. The zero-order valence-electron chi connectivity index (χ0n) is 13.7. The van der Waals surface area contributed by atoms with Gasteiger partial charge in [-0.05, 0) is 36.1 Å². The van der Waals surface area contributed by atoms with Crippen LogP contribution in [0.1, 0.15) is 42.2 Å². The number of nitrogens with one attached hydrogen (secondary N) is 2. The monoisotopic (exact) mass is 321 g/mol. The Morgan fingerprint density at radius 3 is 2.46 bits per heavy atom. The summed E-state index contributed by atoms with van der Waals surface area (Å²) in [4.78, 5) is 24.3. The average Bonchev–Trinajstić information content (AvgIpc) is 2.62. The predicted molar refractivity (Wildman–Crippen MR) is 95.5 cm³/mol. The normalized spacial score (nSPS) is 12.1. The van der Waals surface area contributed by atoms with Gasteiger partial charge in [0.2, 0.25) is 0 Å². The van der Waals surface area contributed by atoms with Crippen LogP contribution < -0.4 is 10.9 Å². The van der Waals surface area contributed by atoms with Crippen molar-refractivity contribution in [2.45, 2.75) is 26.2 Å². The van der Waals surface area contributed by atoms with E-state index in [2.05, 4.69) is 29.4 Å². The number of nitrogens with zero attached hydrogens (tertiary/aromatic N) is 1. The molecule has 1 aromatic heterocycles. The Morgan fingerprint density at radius 1 is 1.12 bits per heavy atom. The summed E-state index contributed by atoms with van der Waals surface area (Å²) in [5, 5.41) is 10.1. The number of anilines is 1. The Morgan fingerprint density at radius 2 is 1.79 bits per heavy atom. The minimum absolute atomic E-state index is 0.205. The van der Waals surface area contributed by atoms with Crippen molar-refractivity contribution in [2.24, 2.45) is 0 Å². The molecule has 5 nitrogen and oxygen atoms in total. The average molecular weight is 321 g/mol. The van der Waals surface area contributed by atoms with E-state index in [-0.39, 0.29) is 17.2 Å². The summed E-state index contributed by atoms with van der Waals surface area (Å²) in [6.45, 7) is 4.32. The summed E-state index contributed by atoms with van der Waals surface area (Å²) >= 11 is 0. The maximum absolute atomic E-state index is 12.5. The van der Waals surface area contributed by atoms with Gasteiger partial charge < -0.3 is 5.32 Å². The zero-order chi connectivity index (χ0) is 17.1.